The molecule has 1 saturated carbocycles. The Kier molecular flexibility index (Phi) is 7.23. The van der Waals surface area contributed by atoms with E-state index >= 15 is 4.39 Å². The van der Waals surface area contributed by atoms with Gasteiger partial charge in [-0.1, -0.05) is 6.07 Å². The molecule has 2 heterocycles. The second kappa shape index (κ2) is 10.2. The number of hydrogen-bond donors (Lipinski definition) is 3. The number of likely N-dealkylation sites (tertiary alicyclic amines) is 1. The van der Waals surface area contributed by atoms with Crippen LogP contribution in [0.5, 0.6) is 0 Å². The van der Waals surface area contributed by atoms with Gasteiger partial charge in [-0.3, -0.25) is 14.4 Å². The summed E-state index contributed by atoms with van der Waals surface area (Å²) in [6.45, 7) is 8.25. The molecule has 36 heavy (non-hydrogen) atoms. The van der Waals surface area contributed by atoms with Crippen LogP contribution < -0.4 is 16.0 Å². The molecule has 1 aliphatic carbocycles. The molecule has 3 amide bonds. The van der Waals surface area contributed by atoms with Crippen LogP contribution in [-0.4, -0.2) is 56.8 Å². The quantitative estimate of drug-likeness (QED) is 0.517. The monoisotopic (exact) mass is 496 g/mol. The van der Waals surface area contributed by atoms with Crippen LogP contribution in [0.3, 0.4) is 0 Å². The minimum atomic E-state index is -1.04. The summed E-state index contributed by atoms with van der Waals surface area (Å²) < 4.78 is 15.0. The molecule has 0 unspecified atom stereocenters. The van der Waals surface area contributed by atoms with Gasteiger partial charge in [0.25, 0.3) is 11.8 Å². The highest BCUT2D eigenvalue weighted by Crippen LogP contribution is 2.37. The van der Waals surface area contributed by atoms with Gasteiger partial charge in [-0.25, -0.2) is 14.4 Å². The zero-order valence-corrected chi connectivity index (χ0v) is 21.1. The van der Waals surface area contributed by atoms with Crippen molar-refractivity contribution in [2.24, 2.45) is 0 Å². The standard InChI is InChI=1S/C26H33FN6O3/c1-5-28-25-29-13-19(14-30-25)22(34)32-26(10-11-26)24(36)31-17(4)20-9-8-18(12-21(20)27)23(35)33-15(2)6-7-16(33)3/h8-9,12-17H,5-7,10-11H2,1-4H3,(H,31,36)(H,32,34)(H,28,29,30)/t15-,16+,17-/m1/s1. The van der Waals surface area contributed by atoms with Crippen LogP contribution in [-0.2, 0) is 4.79 Å². The number of benzene rings is 1. The Labute approximate surface area is 210 Å². The maximum atomic E-state index is 15.0. The van der Waals surface area contributed by atoms with Crippen molar-refractivity contribution < 1.29 is 18.8 Å². The maximum absolute atomic E-state index is 15.0. The molecule has 2 fully saturated rings. The van der Waals surface area contributed by atoms with Crippen LogP contribution in [0.4, 0.5) is 10.3 Å². The van der Waals surface area contributed by atoms with Crippen molar-refractivity contribution in [3.8, 4) is 0 Å². The van der Waals surface area contributed by atoms with Gasteiger partial charge in [-0.15, -0.1) is 0 Å². The van der Waals surface area contributed by atoms with Crippen molar-refractivity contribution in [2.75, 3.05) is 11.9 Å². The van der Waals surface area contributed by atoms with Gasteiger partial charge in [0, 0.05) is 42.1 Å². The Morgan fingerprint density at radius 1 is 1.11 bits per heavy atom. The number of carbonyl (C=O) groups excluding carboxylic acids is 3. The van der Waals surface area contributed by atoms with Crippen molar-refractivity contribution >= 4 is 23.7 Å². The molecular weight excluding hydrogens is 463 g/mol. The third-order valence-corrected chi connectivity index (χ3v) is 7.03. The van der Waals surface area contributed by atoms with E-state index in [1.807, 2.05) is 20.8 Å². The van der Waals surface area contributed by atoms with Crippen LogP contribution in [0.1, 0.15) is 85.7 Å². The van der Waals surface area contributed by atoms with Gasteiger partial charge >= 0.3 is 0 Å². The number of rotatable bonds is 8. The first kappa shape index (κ1) is 25.5. The van der Waals surface area contributed by atoms with Crippen molar-refractivity contribution in [1.29, 1.82) is 0 Å². The van der Waals surface area contributed by atoms with Crippen molar-refractivity contribution in [3.63, 3.8) is 0 Å². The van der Waals surface area contributed by atoms with Crippen LogP contribution >= 0.6 is 0 Å². The summed E-state index contributed by atoms with van der Waals surface area (Å²) in [7, 11) is 0. The Hall–Kier alpha value is -3.56. The predicted octanol–water partition coefficient (Wildman–Crippen LogP) is 3.20. The van der Waals surface area contributed by atoms with Gasteiger partial charge in [-0.05, 0) is 65.5 Å². The summed E-state index contributed by atoms with van der Waals surface area (Å²) in [5.74, 6) is -1.15. The van der Waals surface area contributed by atoms with Gasteiger partial charge in [0.15, 0.2) is 0 Å². The SMILES string of the molecule is CCNc1ncc(C(=O)NC2(C(=O)N[C@H](C)c3ccc(C(=O)N4[C@H](C)CC[C@@H]4C)cc3F)CC2)cn1. The number of amides is 3. The first-order valence-corrected chi connectivity index (χ1v) is 12.5. The number of hydrogen-bond acceptors (Lipinski definition) is 6. The molecule has 1 saturated heterocycles. The molecule has 2 aromatic rings. The fourth-order valence-electron chi connectivity index (χ4n) is 4.69. The highest BCUT2D eigenvalue weighted by molar-refractivity contribution is 6.00. The third-order valence-electron chi connectivity index (χ3n) is 7.03. The lowest BCUT2D eigenvalue weighted by Crippen LogP contribution is -2.49. The van der Waals surface area contributed by atoms with Gasteiger partial charge in [0.05, 0.1) is 11.6 Å². The molecule has 0 radical (unpaired) electrons. The summed E-state index contributed by atoms with van der Waals surface area (Å²) in [4.78, 5) is 48.5. The molecule has 4 rings (SSSR count). The Bertz CT molecular complexity index is 1140. The molecule has 192 valence electrons. The van der Waals surface area contributed by atoms with E-state index in [4.69, 9.17) is 0 Å². The van der Waals surface area contributed by atoms with Crippen molar-refractivity contribution in [2.45, 2.75) is 77.0 Å². The van der Waals surface area contributed by atoms with Crippen LogP contribution in [0.15, 0.2) is 30.6 Å². The number of anilines is 1. The molecule has 1 aliphatic heterocycles. The minimum absolute atomic E-state index is 0.121. The van der Waals surface area contributed by atoms with E-state index in [1.54, 1.807) is 24.0 Å². The molecule has 2 aliphatic rings. The molecule has 0 spiro atoms. The molecule has 1 aromatic heterocycles. The van der Waals surface area contributed by atoms with Crippen LogP contribution in [0.25, 0.3) is 0 Å². The maximum Gasteiger partial charge on any atom is 0.255 e. The van der Waals surface area contributed by atoms with Crippen LogP contribution in [0.2, 0.25) is 0 Å². The molecule has 0 bridgehead atoms. The van der Waals surface area contributed by atoms with Gasteiger partial charge in [0.2, 0.25) is 11.9 Å². The predicted molar refractivity (Wildman–Crippen MR) is 133 cm³/mol. The first-order valence-electron chi connectivity index (χ1n) is 12.5. The van der Waals surface area contributed by atoms with E-state index in [2.05, 4.69) is 25.9 Å². The van der Waals surface area contributed by atoms with Gasteiger partial charge in [0.1, 0.15) is 11.4 Å². The van der Waals surface area contributed by atoms with E-state index in [0.29, 0.717) is 30.9 Å². The molecule has 3 N–H and O–H groups in total. The van der Waals surface area contributed by atoms with Gasteiger partial charge in [-0.2, -0.15) is 0 Å². The Morgan fingerprint density at radius 2 is 1.75 bits per heavy atom. The Morgan fingerprint density at radius 3 is 2.31 bits per heavy atom. The normalized spacial score (nSPS) is 21.0. The average molecular weight is 497 g/mol. The zero-order valence-electron chi connectivity index (χ0n) is 21.1. The summed E-state index contributed by atoms with van der Waals surface area (Å²) in [5, 5.41) is 8.54. The van der Waals surface area contributed by atoms with Crippen molar-refractivity contribution in [1.82, 2.24) is 25.5 Å². The highest BCUT2D eigenvalue weighted by Gasteiger charge is 2.51. The average Bonchev–Trinajstić information content (AvgIpc) is 3.56. The van der Waals surface area contributed by atoms with E-state index in [0.717, 1.165) is 12.8 Å². The first-order chi connectivity index (χ1) is 17.1. The number of carbonyl (C=O) groups is 3. The lowest BCUT2D eigenvalue weighted by molar-refractivity contribution is -0.124. The van der Waals surface area contributed by atoms with E-state index in [-0.39, 0.29) is 35.0 Å². The lowest BCUT2D eigenvalue weighted by atomic mass is 10.0. The number of nitrogens with one attached hydrogen (secondary N) is 3. The largest absolute Gasteiger partial charge is 0.355 e. The number of nitrogens with zero attached hydrogens (tertiary/aromatic N) is 3. The summed E-state index contributed by atoms with van der Waals surface area (Å²) in [6, 6.07) is 3.98. The molecular formula is C26H33FN6O3. The summed E-state index contributed by atoms with van der Waals surface area (Å²) >= 11 is 0. The molecule has 3 atom stereocenters. The number of halogens is 1. The molecule has 1 aromatic carbocycles. The van der Waals surface area contributed by atoms with Crippen LogP contribution in [0, 0.1) is 5.82 Å². The van der Waals surface area contributed by atoms with E-state index in [9.17, 15) is 14.4 Å². The van der Waals surface area contributed by atoms with E-state index in [1.165, 1.54) is 18.5 Å². The minimum Gasteiger partial charge on any atom is -0.355 e. The fraction of sp³-hybridized carbons (Fsp3) is 0.500. The zero-order chi connectivity index (χ0) is 26.0. The Balaban J connectivity index is 1.39. The smallest absolute Gasteiger partial charge is 0.255 e. The second-order valence-electron chi connectivity index (χ2n) is 9.78. The lowest BCUT2D eigenvalue weighted by Gasteiger charge is -2.26. The van der Waals surface area contributed by atoms with E-state index < -0.39 is 23.3 Å². The third kappa shape index (κ3) is 5.17. The number of aromatic nitrogens is 2. The molecule has 10 heteroatoms. The molecule has 9 nitrogen and oxygen atoms in total. The summed E-state index contributed by atoms with van der Waals surface area (Å²) in [5.41, 5.74) is -0.225. The van der Waals surface area contributed by atoms with Crippen molar-refractivity contribution in [3.05, 3.63) is 53.1 Å². The second-order valence-corrected chi connectivity index (χ2v) is 9.78. The van der Waals surface area contributed by atoms with Gasteiger partial charge < -0.3 is 20.9 Å². The fourth-order valence-corrected chi connectivity index (χ4v) is 4.69. The highest BCUT2D eigenvalue weighted by atomic mass is 19.1. The summed E-state index contributed by atoms with van der Waals surface area (Å²) in [6.07, 6.45) is 5.63. The topological polar surface area (TPSA) is 116 Å².